The predicted molar refractivity (Wildman–Crippen MR) is 123 cm³/mol. The van der Waals surface area contributed by atoms with Crippen LogP contribution in [0.1, 0.15) is 16.7 Å². The van der Waals surface area contributed by atoms with E-state index in [1.54, 1.807) is 24.3 Å². The number of aromatic amines is 1. The average molecular weight is 437 g/mol. The van der Waals surface area contributed by atoms with Gasteiger partial charge in [-0.2, -0.15) is 0 Å². The van der Waals surface area contributed by atoms with Gasteiger partial charge >= 0.3 is 0 Å². The number of benzene rings is 2. The number of nitrogen functional groups attached to an aromatic ring is 1. The van der Waals surface area contributed by atoms with Gasteiger partial charge in [0.15, 0.2) is 0 Å². The molecule has 0 fully saturated rings. The Kier molecular flexibility index (Phi) is 7.96. The van der Waals surface area contributed by atoms with E-state index in [9.17, 15) is 14.7 Å². The highest BCUT2D eigenvalue weighted by atomic mass is 16.3. The van der Waals surface area contributed by atoms with Crippen LogP contribution in [0.4, 0.5) is 0 Å². The number of aromatic nitrogens is 1. The Balaban J connectivity index is 1.39. The van der Waals surface area contributed by atoms with E-state index in [2.05, 4.69) is 20.9 Å². The molecule has 32 heavy (non-hydrogen) atoms. The van der Waals surface area contributed by atoms with Gasteiger partial charge in [-0.15, -0.1) is 0 Å². The quantitative estimate of drug-likeness (QED) is 0.171. The molecule has 9 nitrogen and oxygen atoms in total. The number of hydrogen-bond acceptors (Lipinski definition) is 5. The molecule has 0 aliphatic carbocycles. The monoisotopic (exact) mass is 436 g/mol. The fourth-order valence-corrected chi connectivity index (χ4v) is 3.31. The summed E-state index contributed by atoms with van der Waals surface area (Å²) >= 11 is 0. The molecule has 1 aromatic heterocycles. The van der Waals surface area contributed by atoms with Gasteiger partial charge in [0.05, 0.1) is 13.2 Å². The van der Waals surface area contributed by atoms with E-state index in [0.717, 1.165) is 22.0 Å². The van der Waals surface area contributed by atoms with Crippen molar-refractivity contribution in [3.8, 4) is 0 Å². The second-order valence-electron chi connectivity index (χ2n) is 7.40. The lowest BCUT2D eigenvalue weighted by molar-refractivity contribution is -0.128. The Labute approximate surface area is 185 Å². The Morgan fingerprint density at radius 1 is 1.09 bits per heavy atom. The standard InChI is InChI=1S/C23H28N6O3/c24-22(25)16-7-5-15(6-8-16)11-27-20(14-30)23(32)29-13-21(31)26-10-9-17-12-28-19-4-2-1-3-18(17)19/h1-8,12,20,27-28,30H,9-11,13-14H2,(H3,24,25)(H,26,31)(H,29,32). The van der Waals surface area contributed by atoms with Crippen LogP contribution in [-0.2, 0) is 22.6 Å². The number of aliphatic hydroxyl groups excluding tert-OH is 1. The molecule has 0 aliphatic rings. The zero-order chi connectivity index (χ0) is 22.9. The molecule has 0 aliphatic heterocycles. The lowest BCUT2D eigenvalue weighted by atomic mass is 10.1. The number of carbonyl (C=O) groups is 2. The molecule has 1 atom stereocenters. The number of carbonyl (C=O) groups excluding carboxylic acids is 2. The molecule has 0 saturated heterocycles. The Morgan fingerprint density at radius 2 is 1.84 bits per heavy atom. The maximum Gasteiger partial charge on any atom is 0.239 e. The minimum atomic E-state index is -0.846. The summed E-state index contributed by atoms with van der Waals surface area (Å²) in [7, 11) is 0. The summed E-state index contributed by atoms with van der Waals surface area (Å²) in [6.45, 7) is 0.222. The molecule has 3 rings (SSSR count). The lowest BCUT2D eigenvalue weighted by Crippen LogP contribution is -2.48. The fraction of sp³-hybridized carbons (Fsp3) is 0.261. The van der Waals surface area contributed by atoms with Crippen molar-refractivity contribution in [2.45, 2.75) is 19.0 Å². The summed E-state index contributed by atoms with van der Waals surface area (Å²) in [6, 6.07) is 14.1. The molecular weight excluding hydrogens is 408 g/mol. The summed E-state index contributed by atoms with van der Waals surface area (Å²) in [5.74, 6) is -0.772. The highest BCUT2D eigenvalue weighted by Gasteiger charge is 2.17. The Hall–Kier alpha value is -3.69. The number of hydrogen-bond donors (Lipinski definition) is 7. The number of fused-ring (bicyclic) bond motifs is 1. The molecule has 8 N–H and O–H groups in total. The van der Waals surface area contributed by atoms with Crippen LogP contribution in [0.25, 0.3) is 10.9 Å². The van der Waals surface area contributed by atoms with Crippen molar-refractivity contribution >= 4 is 28.6 Å². The SMILES string of the molecule is N=C(N)c1ccc(CNC(CO)C(=O)NCC(=O)NCCc2c[nH]c3ccccc23)cc1. The topological polar surface area (TPSA) is 156 Å². The molecular formula is C23H28N6O3. The molecule has 0 bridgehead atoms. The average Bonchev–Trinajstić information content (AvgIpc) is 3.21. The smallest absolute Gasteiger partial charge is 0.239 e. The second-order valence-corrected chi connectivity index (χ2v) is 7.40. The summed E-state index contributed by atoms with van der Waals surface area (Å²) in [6.07, 6.45) is 2.61. The van der Waals surface area contributed by atoms with Crippen molar-refractivity contribution in [3.63, 3.8) is 0 Å². The van der Waals surface area contributed by atoms with Crippen LogP contribution in [0.5, 0.6) is 0 Å². The van der Waals surface area contributed by atoms with Crippen LogP contribution in [0.3, 0.4) is 0 Å². The predicted octanol–water partition coefficient (Wildman–Crippen LogP) is 0.378. The summed E-state index contributed by atoms with van der Waals surface area (Å²) in [4.78, 5) is 27.6. The van der Waals surface area contributed by atoms with Crippen LogP contribution in [0.15, 0.2) is 54.7 Å². The number of nitrogens with one attached hydrogen (secondary N) is 5. The van der Waals surface area contributed by atoms with Gasteiger partial charge in [0.25, 0.3) is 0 Å². The van der Waals surface area contributed by atoms with Gasteiger partial charge in [-0.1, -0.05) is 42.5 Å². The molecule has 0 radical (unpaired) electrons. The third-order valence-corrected chi connectivity index (χ3v) is 5.13. The zero-order valence-electron chi connectivity index (χ0n) is 17.7. The van der Waals surface area contributed by atoms with E-state index in [0.29, 0.717) is 25.1 Å². The van der Waals surface area contributed by atoms with Crippen LogP contribution < -0.4 is 21.7 Å². The van der Waals surface area contributed by atoms with E-state index < -0.39 is 18.6 Å². The molecule has 9 heteroatoms. The first-order chi connectivity index (χ1) is 15.5. The van der Waals surface area contributed by atoms with Gasteiger partial charge in [-0.25, -0.2) is 0 Å². The molecule has 1 heterocycles. The van der Waals surface area contributed by atoms with Gasteiger partial charge in [-0.3, -0.25) is 20.3 Å². The largest absolute Gasteiger partial charge is 0.394 e. The van der Waals surface area contributed by atoms with Crippen LogP contribution in [0, 0.1) is 5.41 Å². The third-order valence-electron chi connectivity index (χ3n) is 5.13. The highest BCUT2D eigenvalue weighted by molar-refractivity contribution is 5.94. The van der Waals surface area contributed by atoms with Gasteiger partial charge in [-0.05, 0) is 23.6 Å². The van der Waals surface area contributed by atoms with Gasteiger partial charge in [0.2, 0.25) is 11.8 Å². The van der Waals surface area contributed by atoms with Crippen molar-refractivity contribution in [1.29, 1.82) is 5.41 Å². The second kappa shape index (κ2) is 11.1. The number of H-pyrrole nitrogens is 1. The van der Waals surface area contributed by atoms with Crippen LogP contribution in [-0.4, -0.2) is 53.5 Å². The number of aliphatic hydroxyl groups is 1. The number of nitrogens with two attached hydrogens (primary N) is 1. The first-order valence-electron chi connectivity index (χ1n) is 10.3. The van der Waals surface area contributed by atoms with E-state index in [-0.39, 0.29) is 18.3 Å². The molecule has 2 aromatic carbocycles. The van der Waals surface area contributed by atoms with Crippen LogP contribution in [0.2, 0.25) is 0 Å². The lowest BCUT2D eigenvalue weighted by Gasteiger charge is -2.16. The van der Waals surface area contributed by atoms with Gasteiger partial charge in [0, 0.05) is 35.8 Å². The summed E-state index contributed by atoms with van der Waals surface area (Å²) in [5.41, 5.74) is 9.08. The Bertz CT molecular complexity index is 1080. The fourth-order valence-electron chi connectivity index (χ4n) is 3.31. The minimum absolute atomic E-state index is 0.0168. The summed E-state index contributed by atoms with van der Waals surface area (Å²) in [5, 5.41) is 26.3. The minimum Gasteiger partial charge on any atom is -0.394 e. The van der Waals surface area contributed by atoms with Gasteiger partial charge < -0.3 is 26.5 Å². The van der Waals surface area contributed by atoms with E-state index in [1.165, 1.54) is 0 Å². The first kappa shape index (κ1) is 23.0. The molecule has 168 valence electrons. The van der Waals surface area contributed by atoms with Gasteiger partial charge in [0.1, 0.15) is 11.9 Å². The number of amidine groups is 1. The summed E-state index contributed by atoms with van der Waals surface area (Å²) < 4.78 is 0. The normalized spacial score (nSPS) is 11.8. The maximum atomic E-state index is 12.3. The molecule has 0 saturated carbocycles. The molecule has 3 aromatic rings. The highest BCUT2D eigenvalue weighted by Crippen LogP contribution is 2.17. The van der Waals surface area contributed by atoms with E-state index in [4.69, 9.17) is 11.1 Å². The maximum absolute atomic E-state index is 12.3. The third kappa shape index (κ3) is 6.16. The first-order valence-corrected chi connectivity index (χ1v) is 10.3. The van der Waals surface area contributed by atoms with E-state index >= 15 is 0 Å². The van der Waals surface area contributed by atoms with Crippen molar-refractivity contribution in [2.24, 2.45) is 5.73 Å². The van der Waals surface area contributed by atoms with E-state index in [1.807, 2.05) is 30.5 Å². The molecule has 1 unspecified atom stereocenters. The number of rotatable bonds is 11. The van der Waals surface area contributed by atoms with Crippen molar-refractivity contribution in [3.05, 3.63) is 71.4 Å². The molecule has 0 spiro atoms. The van der Waals surface area contributed by atoms with Crippen molar-refractivity contribution < 1.29 is 14.7 Å². The van der Waals surface area contributed by atoms with Crippen LogP contribution >= 0.6 is 0 Å². The van der Waals surface area contributed by atoms with Crippen molar-refractivity contribution in [2.75, 3.05) is 19.7 Å². The number of amides is 2. The van der Waals surface area contributed by atoms with Crippen molar-refractivity contribution in [1.82, 2.24) is 20.9 Å². The molecule has 2 amide bonds. The number of para-hydroxylation sites is 1. The zero-order valence-corrected chi connectivity index (χ0v) is 17.7. The Morgan fingerprint density at radius 3 is 2.56 bits per heavy atom.